The second-order valence-corrected chi connectivity index (χ2v) is 5.61. The summed E-state index contributed by atoms with van der Waals surface area (Å²) in [6.07, 6.45) is 0. The van der Waals surface area contributed by atoms with E-state index in [-0.39, 0.29) is 0 Å². The Bertz CT molecular complexity index is 803. The molecule has 4 heteroatoms. The van der Waals surface area contributed by atoms with Crippen LogP contribution in [-0.2, 0) is 11.3 Å². The van der Waals surface area contributed by atoms with Gasteiger partial charge in [-0.3, -0.25) is 4.90 Å². The minimum absolute atomic E-state index is 0.790. The van der Waals surface area contributed by atoms with Gasteiger partial charge >= 0.3 is 0 Å². The van der Waals surface area contributed by atoms with Crippen LogP contribution in [0.5, 0.6) is 5.75 Å². The molecule has 1 fully saturated rings. The van der Waals surface area contributed by atoms with E-state index < -0.39 is 0 Å². The lowest BCUT2D eigenvalue weighted by Gasteiger charge is -2.27. The first-order chi connectivity index (χ1) is 10.9. The molecule has 0 aliphatic carbocycles. The number of rotatable bonds is 3. The van der Waals surface area contributed by atoms with Gasteiger partial charge < -0.3 is 13.9 Å². The van der Waals surface area contributed by atoms with Crippen molar-refractivity contribution in [2.45, 2.75) is 6.54 Å². The summed E-state index contributed by atoms with van der Waals surface area (Å²) in [7, 11) is 1.71. The van der Waals surface area contributed by atoms with Gasteiger partial charge in [-0.25, -0.2) is 0 Å². The second kappa shape index (κ2) is 5.63. The maximum atomic E-state index is 6.13. The van der Waals surface area contributed by atoms with Gasteiger partial charge in [0.2, 0.25) is 0 Å². The van der Waals surface area contributed by atoms with Crippen LogP contribution >= 0.6 is 0 Å². The van der Waals surface area contributed by atoms with Crippen molar-refractivity contribution in [2.24, 2.45) is 0 Å². The smallest absolute Gasteiger partial charge is 0.143 e. The maximum Gasteiger partial charge on any atom is 0.143 e. The van der Waals surface area contributed by atoms with Crippen molar-refractivity contribution >= 4 is 21.9 Å². The summed E-state index contributed by atoms with van der Waals surface area (Å²) < 4.78 is 17.1. The van der Waals surface area contributed by atoms with Crippen LogP contribution in [0.4, 0.5) is 0 Å². The first-order valence-electron chi connectivity index (χ1n) is 7.64. The quantitative estimate of drug-likeness (QED) is 0.742. The summed E-state index contributed by atoms with van der Waals surface area (Å²) in [5.41, 5.74) is 2.99. The fraction of sp³-hybridized carbons (Fsp3) is 0.333. The summed E-state index contributed by atoms with van der Waals surface area (Å²) in [4.78, 5) is 2.38. The first kappa shape index (κ1) is 13.6. The fourth-order valence-electron chi connectivity index (χ4n) is 3.15. The van der Waals surface area contributed by atoms with E-state index in [1.165, 1.54) is 0 Å². The molecule has 3 aromatic rings. The van der Waals surface area contributed by atoms with Crippen molar-refractivity contribution in [3.05, 3.63) is 42.0 Å². The SMILES string of the molecule is COc1ccc2c(oc3ccccc32)c1CN1CCOCC1. The molecular weight excluding hydrogens is 278 g/mol. The predicted molar refractivity (Wildman–Crippen MR) is 86.4 cm³/mol. The molecule has 2 aromatic carbocycles. The summed E-state index contributed by atoms with van der Waals surface area (Å²) in [6.45, 7) is 4.29. The number of hydrogen-bond donors (Lipinski definition) is 0. The largest absolute Gasteiger partial charge is 0.496 e. The van der Waals surface area contributed by atoms with Crippen LogP contribution in [0, 0.1) is 0 Å². The van der Waals surface area contributed by atoms with Crippen molar-refractivity contribution in [3.8, 4) is 5.75 Å². The van der Waals surface area contributed by atoms with Gasteiger partial charge in [-0.15, -0.1) is 0 Å². The van der Waals surface area contributed by atoms with E-state index in [0.29, 0.717) is 0 Å². The van der Waals surface area contributed by atoms with Gasteiger partial charge in [0.1, 0.15) is 16.9 Å². The molecule has 1 aliphatic heterocycles. The van der Waals surface area contributed by atoms with Gasteiger partial charge in [-0.05, 0) is 18.2 Å². The molecule has 0 N–H and O–H groups in total. The second-order valence-electron chi connectivity index (χ2n) is 5.61. The number of furan rings is 1. The molecule has 0 saturated carbocycles. The molecule has 1 aliphatic rings. The van der Waals surface area contributed by atoms with E-state index in [2.05, 4.69) is 17.0 Å². The van der Waals surface area contributed by atoms with Crippen molar-refractivity contribution in [3.63, 3.8) is 0 Å². The molecule has 4 rings (SSSR count). The molecule has 22 heavy (non-hydrogen) atoms. The zero-order valence-electron chi connectivity index (χ0n) is 12.7. The van der Waals surface area contributed by atoms with Crippen LogP contribution in [-0.4, -0.2) is 38.3 Å². The highest BCUT2D eigenvalue weighted by Crippen LogP contribution is 2.36. The first-order valence-corrected chi connectivity index (χ1v) is 7.64. The summed E-state index contributed by atoms with van der Waals surface area (Å²) in [6, 6.07) is 12.3. The Morgan fingerprint density at radius 1 is 1.05 bits per heavy atom. The average molecular weight is 297 g/mol. The molecule has 1 saturated heterocycles. The number of methoxy groups -OCH3 is 1. The predicted octanol–water partition coefficient (Wildman–Crippen LogP) is 3.43. The Morgan fingerprint density at radius 3 is 2.68 bits per heavy atom. The van der Waals surface area contributed by atoms with E-state index in [0.717, 1.165) is 66.1 Å². The Kier molecular flexibility index (Phi) is 3.48. The molecular formula is C18H19NO3. The third-order valence-electron chi connectivity index (χ3n) is 4.31. The van der Waals surface area contributed by atoms with Gasteiger partial charge in [0.05, 0.1) is 25.9 Å². The van der Waals surface area contributed by atoms with Crippen molar-refractivity contribution in [2.75, 3.05) is 33.4 Å². The highest BCUT2D eigenvalue weighted by Gasteiger charge is 2.19. The van der Waals surface area contributed by atoms with Gasteiger partial charge in [0.25, 0.3) is 0 Å². The molecule has 114 valence electrons. The molecule has 0 bridgehead atoms. The lowest BCUT2D eigenvalue weighted by atomic mass is 10.1. The van der Waals surface area contributed by atoms with E-state index >= 15 is 0 Å². The van der Waals surface area contributed by atoms with Crippen LogP contribution in [0.15, 0.2) is 40.8 Å². The van der Waals surface area contributed by atoms with E-state index in [1.807, 2.05) is 24.3 Å². The number of morpholine rings is 1. The zero-order valence-corrected chi connectivity index (χ0v) is 12.7. The number of hydrogen-bond acceptors (Lipinski definition) is 4. The Balaban J connectivity index is 1.85. The van der Waals surface area contributed by atoms with E-state index in [9.17, 15) is 0 Å². The van der Waals surface area contributed by atoms with Crippen molar-refractivity contribution < 1.29 is 13.9 Å². The van der Waals surface area contributed by atoms with Crippen LogP contribution in [0.25, 0.3) is 21.9 Å². The summed E-state index contributed by atoms with van der Waals surface area (Å²) >= 11 is 0. The Hall–Kier alpha value is -2.04. The standard InChI is InChI=1S/C18H19NO3/c1-20-16-7-6-14-13-4-2-3-5-17(13)22-18(14)15(16)12-19-8-10-21-11-9-19/h2-7H,8-12H2,1H3. The number of nitrogens with zero attached hydrogens (tertiary/aromatic N) is 1. The normalized spacial score (nSPS) is 16.4. The molecule has 4 nitrogen and oxygen atoms in total. The Morgan fingerprint density at radius 2 is 1.86 bits per heavy atom. The number of ether oxygens (including phenoxy) is 2. The van der Waals surface area contributed by atoms with Gasteiger partial charge in [-0.1, -0.05) is 18.2 Å². The third-order valence-corrected chi connectivity index (χ3v) is 4.31. The minimum Gasteiger partial charge on any atom is -0.496 e. The monoisotopic (exact) mass is 297 g/mol. The van der Waals surface area contributed by atoms with E-state index in [4.69, 9.17) is 13.9 Å². The van der Waals surface area contributed by atoms with Gasteiger partial charge in [0.15, 0.2) is 0 Å². The average Bonchev–Trinajstić information content (AvgIpc) is 2.95. The molecule has 0 spiro atoms. The number of para-hydroxylation sites is 1. The highest BCUT2D eigenvalue weighted by atomic mass is 16.5. The van der Waals surface area contributed by atoms with Crippen LogP contribution in [0.1, 0.15) is 5.56 Å². The lowest BCUT2D eigenvalue weighted by Crippen LogP contribution is -2.35. The summed E-state index contributed by atoms with van der Waals surface area (Å²) in [5.74, 6) is 0.887. The van der Waals surface area contributed by atoms with Crippen LogP contribution < -0.4 is 4.74 Å². The highest BCUT2D eigenvalue weighted by molar-refractivity contribution is 6.06. The molecule has 0 amide bonds. The van der Waals surface area contributed by atoms with Crippen molar-refractivity contribution in [1.29, 1.82) is 0 Å². The van der Waals surface area contributed by atoms with Gasteiger partial charge in [0, 0.05) is 30.4 Å². The Labute approximate surface area is 129 Å². The van der Waals surface area contributed by atoms with Gasteiger partial charge in [-0.2, -0.15) is 0 Å². The number of fused-ring (bicyclic) bond motifs is 3. The van der Waals surface area contributed by atoms with Crippen LogP contribution in [0.2, 0.25) is 0 Å². The van der Waals surface area contributed by atoms with Crippen LogP contribution in [0.3, 0.4) is 0 Å². The number of benzene rings is 2. The van der Waals surface area contributed by atoms with Crippen molar-refractivity contribution in [1.82, 2.24) is 4.90 Å². The molecule has 1 aromatic heterocycles. The third kappa shape index (κ3) is 2.25. The minimum atomic E-state index is 0.790. The molecule has 2 heterocycles. The lowest BCUT2D eigenvalue weighted by molar-refractivity contribution is 0.0339. The maximum absolute atomic E-state index is 6.13. The fourth-order valence-corrected chi connectivity index (χ4v) is 3.15. The molecule has 0 radical (unpaired) electrons. The van der Waals surface area contributed by atoms with E-state index in [1.54, 1.807) is 7.11 Å². The molecule has 0 atom stereocenters. The molecule has 0 unspecified atom stereocenters. The topological polar surface area (TPSA) is 34.8 Å². The summed E-state index contributed by atoms with van der Waals surface area (Å²) in [5, 5.41) is 2.31. The zero-order chi connectivity index (χ0) is 14.9.